The van der Waals surface area contributed by atoms with Gasteiger partial charge in [0.25, 0.3) is 11.6 Å². The largest absolute Gasteiger partial charge is 0.495 e. The number of ether oxygens (including phenoxy) is 3. The Hall–Kier alpha value is -3.62. The number of non-ortho nitro benzene ring substituents is 1. The second-order valence-electron chi connectivity index (χ2n) is 6.37. The molecule has 0 bridgehead atoms. The maximum absolute atomic E-state index is 12.4. The number of anilines is 1. The van der Waals surface area contributed by atoms with Gasteiger partial charge in [0.1, 0.15) is 11.5 Å². The summed E-state index contributed by atoms with van der Waals surface area (Å²) in [4.78, 5) is 35.0. The van der Waals surface area contributed by atoms with E-state index >= 15 is 0 Å². The predicted molar refractivity (Wildman–Crippen MR) is 105 cm³/mol. The van der Waals surface area contributed by atoms with Crippen LogP contribution in [0.15, 0.2) is 42.5 Å². The van der Waals surface area contributed by atoms with Crippen molar-refractivity contribution in [3.8, 4) is 11.5 Å². The maximum Gasteiger partial charge on any atom is 0.338 e. The van der Waals surface area contributed by atoms with E-state index in [1.807, 2.05) is 13.8 Å². The summed E-state index contributed by atoms with van der Waals surface area (Å²) in [6, 6.07) is 10.1. The molecule has 0 aliphatic heterocycles. The van der Waals surface area contributed by atoms with Gasteiger partial charge in [-0.3, -0.25) is 14.9 Å². The molecule has 9 heteroatoms. The van der Waals surface area contributed by atoms with E-state index in [0.717, 1.165) is 0 Å². The standard InChI is InChI=1S/C20H22N2O7/c1-12(2)28-16-8-5-14(6-9-16)20(24)29-13(3)19(23)21-17-11-15(22(25)26)7-10-18(17)27-4/h5-13H,1-4H3,(H,21,23)/t13-/m1/s1. The number of nitro groups is 1. The highest BCUT2D eigenvalue weighted by Gasteiger charge is 2.21. The summed E-state index contributed by atoms with van der Waals surface area (Å²) in [7, 11) is 1.37. The Morgan fingerprint density at radius 3 is 2.28 bits per heavy atom. The average Bonchev–Trinajstić information content (AvgIpc) is 2.67. The van der Waals surface area contributed by atoms with Gasteiger partial charge in [-0.2, -0.15) is 0 Å². The van der Waals surface area contributed by atoms with Crippen LogP contribution in [0.3, 0.4) is 0 Å². The van der Waals surface area contributed by atoms with Crippen molar-refractivity contribution in [1.29, 1.82) is 0 Å². The first-order valence-corrected chi connectivity index (χ1v) is 8.82. The van der Waals surface area contributed by atoms with Crippen molar-refractivity contribution in [2.75, 3.05) is 12.4 Å². The molecule has 2 aromatic carbocycles. The number of nitrogens with zero attached hydrogens (tertiary/aromatic N) is 1. The quantitative estimate of drug-likeness (QED) is 0.407. The van der Waals surface area contributed by atoms with Crippen LogP contribution in [0.2, 0.25) is 0 Å². The molecular weight excluding hydrogens is 380 g/mol. The fourth-order valence-corrected chi connectivity index (χ4v) is 2.37. The molecule has 0 aliphatic rings. The summed E-state index contributed by atoms with van der Waals surface area (Å²) >= 11 is 0. The number of amides is 1. The smallest absolute Gasteiger partial charge is 0.338 e. The number of methoxy groups -OCH3 is 1. The molecule has 0 saturated heterocycles. The monoisotopic (exact) mass is 402 g/mol. The molecule has 0 aromatic heterocycles. The lowest BCUT2D eigenvalue weighted by Gasteiger charge is -2.15. The second kappa shape index (κ2) is 9.54. The number of nitro benzene ring substituents is 1. The number of nitrogens with one attached hydrogen (secondary N) is 1. The third kappa shape index (κ3) is 5.93. The van der Waals surface area contributed by atoms with Crippen molar-refractivity contribution < 1.29 is 28.7 Å². The highest BCUT2D eigenvalue weighted by molar-refractivity contribution is 5.98. The van der Waals surface area contributed by atoms with Crippen LogP contribution in [0, 0.1) is 10.1 Å². The maximum atomic E-state index is 12.4. The minimum Gasteiger partial charge on any atom is -0.495 e. The molecule has 1 amide bonds. The second-order valence-corrected chi connectivity index (χ2v) is 6.37. The highest BCUT2D eigenvalue weighted by Crippen LogP contribution is 2.29. The number of benzene rings is 2. The number of carbonyl (C=O) groups is 2. The number of rotatable bonds is 8. The van der Waals surface area contributed by atoms with Gasteiger partial charge in [0, 0.05) is 12.1 Å². The lowest BCUT2D eigenvalue weighted by Crippen LogP contribution is -2.30. The molecule has 154 valence electrons. The van der Waals surface area contributed by atoms with Crippen LogP contribution in [-0.4, -0.2) is 36.1 Å². The number of carbonyl (C=O) groups excluding carboxylic acids is 2. The zero-order chi connectivity index (χ0) is 21.6. The number of hydrogen-bond donors (Lipinski definition) is 1. The number of esters is 1. The molecule has 2 rings (SSSR count). The summed E-state index contributed by atoms with van der Waals surface area (Å²) < 4.78 is 15.8. The van der Waals surface area contributed by atoms with E-state index in [4.69, 9.17) is 14.2 Å². The topological polar surface area (TPSA) is 117 Å². The Kier molecular flexibility index (Phi) is 7.13. The first-order valence-electron chi connectivity index (χ1n) is 8.82. The van der Waals surface area contributed by atoms with Gasteiger partial charge in [0.15, 0.2) is 6.10 Å². The van der Waals surface area contributed by atoms with E-state index in [-0.39, 0.29) is 28.8 Å². The molecule has 1 atom stereocenters. The molecular formula is C20H22N2O7. The molecule has 0 unspecified atom stereocenters. The van der Waals surface area contributed by atoms with E-state index in [1.165, 1.54) is 44.4 Å². The molecule has 9 nitrogen and oxygen atoms in total. The molecule has 0 radical (unpaired) electrons. The third-order valence-electron chi connectivity index (χ3n) is 3.77. The summed E-state index contributed by atoms with van der Waals surface area (Å²) in [6.45, 7) is 5.17. The van der Waals surface area contributed by atoms with Crippen molar-refractivity contribution in [2.45, 2.75) is 33.0 Å². The minimum atomic E-state index is -1.14. The van der Waals surface area contributed by atoms with Gasteiger partial charge in [-0.05, 0) is 51.1 Å². The van der Waals surface area contributed by atoms with Gasteiger partial charge in [0.2, 0.25) is 0 Å². The Morgan fingerprint density at radius 2 is 1.72 bits per heavy atom. The summed E-state index contributed by atoms with van der Waals surface area (Å²) in [5.74, 6) is -0.491. The molecule has 1 N–H and O–H groups in total. The van der Waals surface area contributed by atoms with Gasteiger partial charge in [-0.25, -0.2) is 4.79 Å². The average molecular weight is 402 g/mol. The van der Waals surface area contributed by atoms with Crippen molar-refractivity contribution >= 4 is 23.3 Å². The fourth-order valence-electron chi connectivity index (χ4n) is 2.37. The van der Waals surface area contributed by atoms with Crippen LogP contribution in [-0.2, 0) is 9.53 Å². The first-order chi connectivity index (χ1) is 13.7. The Bertz CT molecular complexity index is 894. The van der Waals surface area contributed by atoms with Crippen LogP contribution in [0.5, 0.6) is 11.5 Å². The predicted octanol–water partition coefficient (Wildman–Crippen LogP) is 3.57. The Morgan fingerprint density at radius 1 is 1.07 bits per heavy atom. The van der Waals surface area contributed by atoms with E-state index in [2.05, 4.69) is 5.32 Å². The lowest BCUT2D eigenvalue weighted by atomic mass is 10.2. The van der Waals surface area contributed by atoms with Crippen molar-refractivity contribution in [3.05, 3.63) is 58.1 Å². The fraction of sp³-hybridized carbons (Fsp3) is 0.300. The highest BCUT2D eigenvalue weighted by atomic mass is 16.6. The molecule has 2 aromatic rings. The van der Waals surface area contributed by atoms with Gasteiger partial charge < -0.3 is 19.5 Å². The Labute approximate surface area is 167 Å². The van der Waals surface area contributed by atoms with Crippen LogP contribution >= 0.6 is 0 Å². The zero-order valence-corrected chi connectivity index (χ0v) is 16.5. The summed E-state index contributed by atoms with van der Waals surface area (Å²) in [5.41, 5.74) is 0.146. The van der Waals surface area contributed by atoms with E-state index in [0.29, 0.717) is 5.75 Å². The van der Waals surface area contributed by atoms with Gasteiger partial charge in [-0.15, -0.1) is 0 Å². The van der Waals surface area contributed by atoms with E-state index in [1.54, 1.807) is 12.1 Å². The molecule has 29 heavy (non-hydrogen) atoms. The molecule has 0 heterocycles. The molecule has 0 aliphatic carbocycles. The van der Waals surface area contributed by atoms with E-state index < -0.39 is 22.9 Å². The van der Waals surface area contributed by atoms with E-state index in [9.17, 15) is 19.7 Å². The zero-order valence-electron chi connectivity index (χ0n) is 16.5. The molecule has 0 spiro atoms. The van der Waals surface area contributed by atoms with Gasteiger partial charge >= 0.3 is 5.97 Å². The van der Waals surface area contributed by atoms with Crippen molar-refractivity contribution in [2.24, 2.45) is 0 Å². The summed E-state index contributed by atoms with van der Waals surface area (Å²) in [5, 5.41) is 13.4. The van der Waals surface area contributed by atoms with Gasteiger partial charge in [0.05, 0.1) is 29.4 Å². The molecule has 0 fully saturated rings. The SMILES string of the molecule is COc1ccc([N+](=O)[O-])cc1NC(=O)[C@@H](C)OC(=O)c1ccc(OC(C)C)cc1. The lowest BCUT2D eigenvalue weighted by molar-refractivity contribution is -0.384. The van der Waals surface area contributed by atoms with Gasteiger partial charge in [-0.1, -0.05) is 0 Å². The van der Waals surface area contributed by atoms with Crippen LogP contribution in [0.4, 0.5) is 11.4 Å². The van der Waals surface area contributed by atoms with Crippen molar-refractivity contribution in [1.82, 2.24) is 0 Å². The first kappa shape index (κ1) is 21.7. The normalized spacial score (nSPS) is 11.5. The van der Waals surface area contributed by atoms with Crippen LogP contribution in [0.1, 0.15) is 31.1 Å². The summed E-state index contributed by atoms with van der Waals surface area (Å²) in [6.07, 6.45) is -1.14. The minimum absolute atomic E-state index is 0.00215. The third-order valence-corrected chi connectivity index (χ3v) is 3.77. The van der Waals surface area contributed by atoms with Crippen LogP contribution in [0.25, 0.3) is 0 Å². The van der Waals surface area contributed by atoms with Crippen molar-refractivity contribution in [3.63, 3.8) is 0 Å². The molecule has 0 saturated carbocycles. The van der Waals surface area contributed by atoms with Crippen LogP contribution < -0.4 is 14.8 Å². The Balaban J connectivity index is 2.04. The number of hydrogen-bond acceptors (Lipinski definition) is 7.